The molecule has 1 heterocycles. The molecule has 0 saturated carbocycles. The maximum Gasteiger partial charge on any atom is 0.308 e. The van der Waals surface area contributed by atoms with E-state index >= 15 is 0 Å². The fraction of sp³-hybridized carbons (Fsp3) is 0.333. The highest BCUT2D eigenvalue weighted by Gasteiger charge is 2.35. The number of rotatable bonds is 3. The van der Waals surface area contributed by atoms with Crippen LogP contribution in [-0.2, 0) is 9.59 Å². The van der Waals surface area contributed by atoms with Gasteiger partial charge in [-0.15, -0.1) is 0 Å². The van der Waals surface area contributed by atoms with Crippen LogP contribution in [0.15, 0.2) is 18.2 Å². The van der Waals surface area contributed by atoms with Crippen molar-refractivity contribution in [3.05, 3.63) is 18.2 Å². The number of anilines is 1. The second kappa shape index (κ2) is 4.56. The normalized spacial score (nSPS) is 19.1. The van der Waals surface area contributed by atoms with Crippen LogP contribution in [0.4, 0.5) is 5.69 Å². The Morgan fingerprint density at radius 3 is 2.78 bits per heavy atom. The van der Waals surface area contributed by atoms with Crippen LogP contribution in [-0.4, -0.2) is 35.7 Å². The first-order valence-electron chi connectivity index (χ1n) is 5.43. The Hall–Kier alpha value is -2.24. The van der Waals surface area contributed by atoms with Gasteiger partial charge in [-0.05, 0) is 12.1 Å². The molecule has 1 aromatic carbocycles. The number of benzene rings is 1. The molecule has 2 N–H and O–H groups in total. The van der Waals surface area contributed by atoms with E-state index in [2.05, 4.69) is 0 Å². The highest BCUT2D eigenvalue weighted by atomic mass is 16.5. The van der Waals surface area contributed by atoms with Crippen molar-refractivity contribution in [3.8, 4) is 11.5 Å². The third-order valence-corrected chi connectivity index (χ3v) is 2.95. The minimum absolute atomic E-state index is 0.00146. The molecule has 96 valence electrons. The molecule has 6 heteroatoms. The summed E-state index contributed by atoms with van der Waals surface area (Å²) >= 11 is 0. The number of carboxylic acid groups (broad SMARTS) is 1. The topological polar surface area (TPSA) is 87.1 Å². The molecule has 0 aromatic heterocycles. The average Bonchev–Trinajstić information content (AvgIpc) is 2.72. The third-order valence-electron chi connectivity index (χ3n) is 2.95. The summed E-state index contributed by atoms with van der Waals surface area (Å²) in [5, 5.41) is 18.4. The van der Waals surface area contributed by atoms with Gasteiger partial charge in [0.15, 0.2) is 11.5 Å². The highest BCUT2D eigenvalue weighted by molar-refractivity contribution is 5.99. The first-order valence-corrected chi connectivity index (χ1v) is 5.43. The molecular weight excluding hydrogens is 238 g/mol. The lowest BCUT2D eigenvalue weighted by Crippen LogP contribution is -2.25. The standard InChI is InChI=1S/C12H13NO5/c1-18-10-5-8(2-3-9(10)14)13-6-7(12(16)17)4-11(13)15/h2-3,5,7,14H,4,6H2,1H3,(H,16,17). The van der Waals surface area contributed by atoms with Gasteiger partial charge in [-0.25, -0.2) is 0 Å². The van der Waals surface area contributed by atoms with Crippen LogP contribution in [0.2, 0.25) is 0 Å². The lowest BCUT2D eigenvalue weighted by atomic mass is 10.1. The van der Waals surface area contributed by atoms with Gasteiger partial charge in [-0.3, -0.25) is 9.59 Å². The van der Waals surface area contributed by atoms with Crippen molar-refractivity contribution >= 4 is 17.6 Å². The quantitative estimate of drug-likeness (QED) is 0.831. The van der Waals surface area contributed by atoms with Crippen LogP contribution in [0.25, 0.3) is 0 Å². The van der Waals surface area contributed by atoms with Crippen LogP contribution in [0.3, 0.4) is 0 Å². The van der Waals surface area contributed by atoms with Gasteiger partial charge >= 0.3 is 5.97 Å². The van der Waals surface area contributed by atoms with Crippen molar-refractivity contribution in [1.82, 2.24) is 0 Å². The van der Waals surface area contributed by atoms with Crippen LogP contribution in [0.5, 0.6) is 11.5 Å². The van der Waals surface area contributed by atoms with Crippen molar-refractivity contribution in [2.24, 2.45) is 5.92 Å². The predicted molar refractivity (Wildman–Crippen MR) is 62.8 cm³/mol. The van der Waals surface area contributed by atoms with Gasteiger partial charge in [0, 0.05) is 24.7 Å². The molecule has 1 amide bonds. The summed E-state index contributed by atoms with van der Waals surface area (Å²) in [6.07, 6.45) is -0.00146. The van der Waals surface area contributed by atoms with Crippen molar-refractivity contribution in [1.29, 1.82) is 0 Å². The predicted octanol–water partition coefficient (Wildman–Crippen LogP) is 0.838. The number of carbonyl (C=O) groups excluding carboxylic acids is 1. The van der Waals surface area contributed by atoms with E-state index in [0.717, 1.165) is 0 Å². The number of methoxy groups -OCH3 is 1. The molecule has 1 atom stereocenters. The molecule has 18 heavy (non-hydrogen) atoms. The minimum Gasteiger partial charge on any atom is -0.504 e. The maximum atomic E-state index is 11.7. The van der Waals surface area contributed by atoms with Gasteiger partial charge in [0.1, 0.15) is 0 Å². The molecule has 0 bridgehead atoms. The number of aromatic hydroxyl groups is 1. The van der Waals surface area contributed by atoms with Crippen molar-refractivity contribution in [2.75, 3.05) is 18.6 Å². The summed E-state index contributed by atoms with van der Waals surface area (Å²) in [4.78, 5) is 24.0. The monoisotopic (exact) mass is 251 g/mol. The number of hydrogen-bond donors (Lipinski definition) is 2. The zero-order chi connectivity index (χ0) is 13.3. The SMILES string of the molecule is COc1cc(N2CC(C(=O)O)CC2=O)ccc1O. The average molecular weight is 251 g/mol. The molecule has 1 unspecified atom stereocenters. The first-order chi connectivity index (χ1) is 8.52. The largest absolute Gasteiger partial charge is 0.504 e. The van der Waals surface area contributed by atoms with E-state index in [1.54, 1.807) is 6.07 Å². The lowest BCUT2D eigenvalue weighted by Gasteiger charge is -2.17. The molecule has 1 aliphatic heterocycles. The first kappa shape index (κ1) is 12.2. The summed E-state index contributed by atoms with van der Waals surface area (Å²) in [6, 6.07) is 4.48. The number of phenols is 1. The number of carboxylic acids is 1. The molecule has 1 aromatic rings. The van der Waals surface area contributed by atoms with Crippen molar-refractivity contribution in [2.45, 2.75) is 6.42 Å². The molecule has 0 aliphatic carbocycles. The van der Waals surface area contributed by atoms with Crippen LogP contribution in [0.1, 0.15) is 6.42 Å². The Morgan fingerprint density at radius 1 is 1.50 bits per heavy atom. The maximum absolute atomic E-state index is 11.7. The van der Waals surface area contributed by atoms with Gasteiger partial charge in [0.05, 0.1) is 13.0 Å². The Kier molecular flexibility index (Phi) is 3.10. The van der Waals surface area contributed by atoms with E-state index in [-0.39, 0.29) is 30.4 Å². The van der Waals surface area contributed by atoms with Gasteiger partial charge < -0.3 is 19.8 Å². The fourth-order valence-corrected chi connectivity index (χ4v) is 1.96. The van der Waals surface area contributed by atoms with Crippen LogP contribution >= 0.6 is 0 Å². The lowest BCUT2D eigenvalue weighted by molar-refractivity contribution is -0.141. The smallest absolute Gasteiger partial charge is 0.308 e. The van der Waals surface area contributed by atoms with E-state index < -0.39 is 11.9 Å². The number of phenolic OH excluding ortho intramolecular Hbond substituents is 1. The third kappa shape index (κ3) is 2.09. The van der Waals surface area contributed by atoms with Gasteiger partial charge in [-0.1, -0.05) is 0 Å². The number of ether oxygens (including phenoxy) is 1. The Balaban J connectivity index is 2.27. The fourth-order valence-electron chi connectivity index (χ4n) is 1.96. The number of hydrogen-bond acceptors (Lipinski definition) is 4. The molecule has 1 aliphatic rings. The Labute approximate surface area is 103 Å². The molecular formula is C12H13NO5. The number of carbonyl (C=O) groups is 2. The van der Waals surface area contributed by atoms with Crippen LogP contribution in [0, 0.1) is 5.92 Å². The summed E-state index contributed by atoms with van der Waals surface area (Å²) in [5.41, 5.74) is 0.526. The van der Waals surface area contributed by atoms with E-state index in [1.165, 1.54) is 24.1 Å². The molecule has 2 rings (SSSR count). The summed E-state index contributed by atoms with van der Waals surface area (Å²) in [7, 11) is 1.41. The molecule has 0 radical (unpaired) electrons. The number of amides is 1. The minimum atomic E-state index is -0.975. The molecule has 6 nitrogen and oxygen atoms in total. The van der Waals surface area contributed by atoms with Gasteiger partial charge in [-0.2, -0.15) is 0 Å². The second-order valence-corrected chi connectivity index (χ2v) is 4.10. The Morgan fingerprint density at radius 2 is 2.22 bits per heavy atom. The van der Waals surface area contributed by atoms with E-state index in [1.807, 2.05) is 0 Å². The molecule has 1 saturated heterocycles. The summed E-state index contributed by atoms with van der Waals surface area (Å²) in [6.45, 7) is 0.141. The molecule has 1 fully saturated rings. The summed E-state index contributed by atoms with van der Waals surface area (Å²) in [5.74, 6) is -1.68. The van der Waals surface area contributed by atoms with E-state index in [9.17, 15) is 14.7 Å². The number of nitrogens with zero attached hydrogens (tertiary/aromatic N) is 1. The van der Waals surface area contributed by atoms with E-state index in [0.29, 0.717) is 5.69 Å². The highest BCUT2D eigenvalue weighted by Crippen LogP contribution is 2.33. The summed E-state index contributed by atoms with van der Waals surface area (Å²) < 4.78 is 4.95. The van der Waals surface area contributed by atoms with Gasteiger partial charge in [0.25, 0.3) is 0 Å². The second-order valence-electron chi connectivity index (χ2n) is 4.10. The molecule has 0 spiro atoms. The van der Waals surface area contributed by atoms with Crippen molar-refractivity contribution in [3.63, 3.8) is 0 Å². The van der Waals surface area contributed by atoms with Gasteiger partial charge in [0.2, 0.25) is 5.91 Å². The van der Waals surface area contributed by atoms with E-state index in [4.69, 9.17) is 9.84 Å². The Bertz CT molecular complexity index is 499. The number of aliphatic carboxylic acids is 1. The van der Waals surface area contributed by atoms with Crippen LogP contribution < -0.4 is 9.64 Å². The van der Waals surface area contributed by atoms with Crippen molar-refractivity contribution < 1.29 is 24.5 Å². The zero-order valence-electron chi connectivity index (χ0n) is 9.79. The zero-order valence-corrected chi connectivity index (χ0v) is 9.79.